The highest BCUT2D eigenvalue weighted by atomic mass is 19.3. The third kappa shape index (κ3) is 3.25. The van der Waals surface area contributed by atoms with Crippen LogP contribution in [0.1, 0.15) is 17.8 Å². The van der Waals surface area contributed by atoms with Gasteiger partial charge >= 0.3 is 18.2 Å². The van der Waals surface area contributed by atoms with E-state index in [4.69, 9.17) is 10.5 Å². The Hall–Kier alpha value is -1.26. The average Bonchev–Trinajstić information content (AvgIpc) is 2.90. The van der Waals surface area contributed by atoms with Gasteiger partial charge in [-0.3, -0.25) is 4.90 Å². The van der Waals surface area contributed by atoms with Crippen LogP contribution in [0.25, 0.3) is 0 Å². The zero-order valence-electron chi connectivity index (χ0n) is 10.4. The largest absolute Gasteiger partial charge is 0.383 e. The van der Waals surface area contributed by atoms with Crippen LogP contribution in [0, 0.1) is 0 Å². The summed E-state index contributed by atoms with van der Waals surface area (Å²) < 4.78 is 59.6. The Morgan fingerprint density at radius 3 is 2.55 bits per heavy atom. The summed E-state index contributed by atoms with van der Waals surface area (Å²) >= 11 is 0. The van der Waals surface area contributed by atoms with E-state index in [-0.39, 0.29) is 5.82 Å². The van der Waals surface area contributed by atoms with Crippen LogP contribution in [-0.2, 0) is 10.7 Å². The molecule has 114 valence electrons. The fraction of sp³-hybridized carbons (Fsp3) is 0.800. The first-order chi connectivity index (χ1) is 9.41. The fourth-order valence-corrected chi connectivity index (χ4v) is 1.76. The Morgan fingerprint density at radius 1 is 1.30 bits per heavy atom. The number of hydrogen-bond acceptors (Lipinski definition) is 6. The molecule has 0 amide bonds. The van der Waals surface area contributed by atoms with Gasteiger partial charge in [0.15, 0.2) is 5.82 Å². The maximum Gasteiger partial charge on any atom is 0.383 e. The predicted octanol–water partition coefficient (Wildman–Crippen LogP) is 0.759. The smallest absolute Gasteiger partial charge is 0.379 e. The van der Waals surface area contributed by atoms with Crippen LogP contribution in [0.15, 0.2) is 4.52 Å². The minimum atomic E-state index is -4.47. The molecule has 10 heteroatoms. The predicted molar refractivity (Wildman–Crippen MR) is 58.4 cm³/mol. The number of nitrogens with two attached hydrogens (primary N) is 1. The molecule has 2 N–H and O–H groups in total. The molecule has 2 heterocycles. The van der Waals surface area contributed by atoms with Gasteiger partial charge in [0.2, 0.25) is 0 Å². The van der Waals surface area contributed by atoms with E-state index in [1.807, 2.05) is 4.90 Å². The number of morpholine rings is 1. The lowest BCUT2D eigenvalue weighted by molar-refractivity contribution is -0.152. The third-order valence-electron chi connectivity index (χ3n) is 2.89. The SMILES string of the molecule is NC(CN1CCOCC1)c1noc(C(F)(F)C(F)F)n1. The fourth-order valence-electron chi connectivity index (χ4n) is 1.76. The van der Waals surface area contributed by atoms with Gasteiger partial charge in [0, 0.05) is 19.6 Å². The molecule has 0 bridgehead atoms. The van der Waals surface area contributed by atoms with Crippen molar-refractivity contribution in [2.24, 2.45) is 5.73 Å². The van der Waals surface area contributed by atoms with Gasteiger partial charge in [0.25, 0.3) is 0 Å². The van der Waals surface area contributed by atoms with Crippen LogP contribution in [-0.4, -0.2) is 54.3 Å². The molecular formula is C10H14F4N4O2. The molecule has 1 fully saturated rings. The molecule has 1 aromatic heterocycles. The molecule has 1 saturated heterocycles. The molecule has 1 aromatic rings. The van der Waals surface area contributed by atoms with E-state index < -0.39 is 24.3 Å². The molecule has 1 unspecified atom stereocenters. The summed E-state index contributed by atoms with van der Waals surface area (Å²) in [4.78, 5) is 5.22. The number of hydrogen-bond donors (Lipinski definition) is 1. The van der Waals surface area contributed by atoms with Crippen LogP contribution in [0.3, 0.4) is 0 Å². The highest BCUT2D eigenvalue weighted by Gasteiger charge is 2.48. The molecule has 0 aliphatic carbocycles. The first-order valence-corrected chi connectivity index (χ1v) is 5.97. The topological polar surface area (TPSA) is 77.4 Å². The molecule has 0 aromatic carbocycles. The third-order valence-corrected chi connectivity index (χ3v) is 2.89. The van der Waals surface area contributed by atoms with Crippen molar-refractivity contribution in [3.8, 4) is 0 Å². The Morgan fingerprint density at radius 2 is 1.95 bits per heavy atom. The van der Waals surface area contributed by atoms with Gasteiger partial charge in [-0.2, -0.15) is 13.8 Å². The molecule has 6 nitrogen and oxygen atoms in total. The molecule has 20 heavy (non-hydrogen) atoms. The number of ether oxygens (including phenoxy) is 1. The monoisotopic (exact) mass is 298 g/mol. The first-order valence-electron chi connectivity index (χ1n) is 5.97. The second-order valence-electron chi connectivity index (χ2n) is 4.40. The first kappa shape index (κ1) is 15.1. The van der Waals surface area contributed by atoms with Gasteiger partial charge in [-0.15, -0.1) is 0 Å². The molecule has 0 saturated carbocycles. The van der Waals surface area contributed by atoms with Gasteiger partial charge in [0.1, 0.15) is 0 Å². The number of halogens is 4. The quantitative estimate of drug-likeness (QED) is 0.809. The summed E-state index contributed by atoms with van der Waals surface area (Å²) in [5, 5.41) is 3.25. The van der Waals surface area contributed by atoms with Crippen LogP contribution < -0.4 is 5.73 Å². The summed E-state index contributed by atoms with van der Waals surface area (Å²) in [5.74, 6) is -6.10. The highest BCUT2D eigenvalue weighted by molar-refractivity contribution is 4.99. The van der Waals surface area contributed by atoms with Crippen LogP contribution >= 0.6 is 0 Å². The Balaban J connectivity index is 2.00. The van der Waals surface area contributed by atoms with Crippen LogP contribution in [0.4, 0.5) is 17.6 Å². The summed E-state index contributed by atoms with van der Waals surface area (Å²) in [6.45, 7) is 2.70. The second-order valence-corrected chi connectivity index (χ2v) is 4.40. The number of aromatic nitrogens is 2. The van der Waals surface area contributed by atoms with Gasteiger partial charge in [0.05, 0.1) is 19.3 Å². The van der Waals surface area contributed by atoms with E-state index in [1.54, 1.807) is 0 Å². The maximum absolute atomic E-state index is 13.0. The highest BCUT2D eigenvalue weighted by Crippen LogP contribution is 2.33. The Labute approximate surface area is 111 Å². The Kier molecular flexibility index (Phi) is 4.55. The van der Waals surface area contributed by atoms with Gasteiger partial charge < -0.3 is 15.0 Å². The molecule has 1 aliphatic rings. The van der Waals surface area contributed by atoms with E-state index in [1.165, 1.54) is 0 Å². The van der Waals surface area contributed by atoms with Crippen LogP contribution in [0.2, 0.25) is 0 Å². The zero-order valence-corrected chi connectivity index (χ0v) is 10.4. The number of nitrogens with zero attached hydrogens (tertiary/aromatic N) is 3. The van der Waals surface area contributed by atoms with Crippen molar-refractivity contribution in [1.29, 1.82) is 0 Å². The second kappa shape index (κ2) is 6.02. The number of alkyl halides is 4. The van der Waals surface area contributed by atoms with Crippen LogP contribution in [0.5, 0.6) is 0 Å². The van der Waals surface area contributed by atoms with Crippen molar-refractivity contribution in [1.82, 2.24) is 15.0 Å². The standard InChI is InChI=1S/C10H14F4N4O2/c11-8(12)10(13,14)9-16-7(17-20-9)6(15)5-18-1-3-19-4-2-18/h6,8H,1-5,15H2. The van der Waals surface area contributed by atoms with Crippen molar-refractivity contribution in [3.05, 3.63) is 11.7 Å². The molecule has 1 atom stereocenters. The van der Waals surface area contributed by atoms with E-state index in [2.05, 4.69) is 14.7 Å². The van der Waals surface area contributed by atoms with E-state index >= 15 is 0 Å². The molecule has 1 aliphatic heterocycles. The lowest BCUT2D eigenvalue weighted by atomic mass is 10.2. The van der Waals surface area contributed by atoms with E-state index in [0.29, 0.717) is 32.8 Å². The lowest BCUT2D eigenvalue weighted by Gasteiger charge is -2.27. The average molecular weight is 298 g/mol. The van der Waals surface area contributed by atoms with Gasteiger partial charge in [-0.25, -0.2) is 8.78 Å². The molecule has 2 rings (SSSR count). The summed E-state index contributed by atoms with van der Waals surface area (Å²) in [6.07, 6.45) is -3.91. The normalized spacial score (nSPS) is 19.5. The lowest BCUT2D eigenvalue weighted by Crippen LogP contribution is -2.40. The van der Waals surface area contributed by atoms with Crippen molar-refractivity contribution >= 4 is 0 Å². The van der Waals surface area contributed by atoms with Crippen molar-refractivity contribution < 1.29 is 26.8 Å². The zero-order chi connectivity index (χ0) is 14.8. The van der Waals surface area contributed by atoms with Gasteiger partial charge in [-0.1, -0.05) is 5.16 Å². The summed E-state index contributed by atoms with van der Waals surface area (Å²) in [5.41, 5.74) is 5.76. The van der Waals surface area contributed by atoms with Crippen molar-refractivity contribution in [2.75, 3.05) is 32.8 Å². The minimum absolute atomic E-state index is 0.216. The van der Waals surface area contributed by atoms with E-state index in [0.717, 1.165) is 0 Å². The Bertz CT molecular complexity index is 437. The summed E-state index contributed by atoms with van der Waals surface area (Å²) in [6, 6.07) is -0.793. The van der Waals surface area contributed by atoms with Crippen molar-refractivity contribution in [3.63, 3.8) is 0 Å². The van der Waals surface area contributed by atoms with Crippen molar-refractivity contribution in [2.45, 2.75) is 18.4 Å². The molecule has 0 radical (unpaired) electrons. The molecule has 0 spiro atoms. The summed E-state index contributed by atoms with van der Waals surface area (Å²) in [7, 11) is 0. The van der Waals surface area contributed by atoms with Gasteiger partial charge in [-0.05, 0) is 0 Å². The minimum Gasteiger partial charge on any atom is -0.379 e. The number of rotatable bonds is 5. The maximum atomic E-state index is 13.0. The molecular weight excluding hydrogens is 284 g/mol. The van der Waals surface area contributed by atoms with E-state index in [9.17, 15) is 17.6 Å².